The smallest absolute Gasteiger partial charge is 0.0890 e. The van der Waals surface area contributed by atoms with Crippen molar-refractivity contribution in [3.8, 4) is 21.7 Å². The van der Waals surface area contributed by atoms with Gasteiger partial charge in [-0.15, -0.1) is 11.3 Å². The number of nitrogens with two attached hydrogens (primary N) is 1. The van der Waals surface area contributed by atoms with Crippen molar-refractivity contribution in [2.24, 2.45) is 5.73 Å². The summed E-state index contributed by atoms with van der Waals surface area (Å²) in [6.45, 7) is 0.544. The predicted octanol–water partition coefficient (Wildman–Crippen LogP) is 5.24. The lowest BCUT2D eigenvalue weighted by Crippen LogP contribution is -1.95. The quantitative estimate of drug-likeness (QED) is 0.711. The first-order chi connectivity index (χ1) is 10.2. The Hall–Kier alpha value is -1.39. The second-order valence-electron chi connectivity index (χ2n) is 4.56. The largest absolute Gasteiger partial charge is 0.326 e. The molecule has 0 saturated heterocycles. The molecule has 0 unspecified atom stereocenters. The minimum Gasteiger partial charge on any atom is -0.326 e. The minimum atomic E-state index is 0.534. The Kier molecular flexibility index (Phi) is 4.27. The molecule has 1 aromatic heterocycles. The molecular weight excluding hydrogens is 323 g/mol. The van der Waals surface area contributed by atoms with Gasteiger partial charge in [0.05, 0.1) is 26.1 Å². The highest BCUT2D eigenvalue weighted by molar-refractivity contribution is 7.13. The molecule has 0 spiro atoms. The van der Waals surface area contributed by atoms with Crippen LogP contribution in [0.4, 0.5) is 0 Å². The lowest BCUT2D eigenvalue weighted by atomic mass is 10.1. The maximum absolute atomic E-state index is 6.10. The van der Waals surface area contributed by atoms with Gasteiger partial charge in [0.15, 0.2) is 0 Å². The van der Waals surface area contributed by atoms with E-state index >= 15 is 0 Å². The lowest BCUT2D eigenvalue weighted by Gasteiger charge is -2.05. The molecule has 106 valence electrons. The summed E-state index contributed by atoms with van der Waals surface area (Å²) in [5.74, 6) is 0. The Labute approximate surface area is 137 Å². The molecule has 0 amide bonds. The zero-order valence-corrected chi connectivity index (χ0v) is 13.3. The first-order valence-electron chi connectivity index (χ1n) is 6.37. The van der Waals surface area contributed by atoms with Gasteiger partial charge in [0.1, 0.15) is 0 Å². The Bertz CT molecular complexity index is 766. The van der Waals surface area contributed by atoms with Crippen molar-refractivity contribution < 1.29 is 0 Å². The number of hydrogen-bond donors (Lipinski definition) is 1. The summed E-state index contributed by atoms with van der Waals surface area (Å²) < 4.78 is 0. The fraction of sp³-hybridized carbons (Fsp3) is 0.0625. The molecule has 0 fully saturated rings. The third-order valence-electron chi connectivity index (χ3n) is 3.21. The van der Waals surface area contributed by atoms with Crippen LogP contribution in [0.2, 0.25) is 10.0 Å². The highest BCUT2D eigenvalue weighted by Gasteiger charge is 2.12. The van der Waals surface area contributed by atoms with E-state index < -0.39 is 0 Å². The third kappa shape index (κ3) is 2.97. The van der Waals surface area contributed by atoms with Gasteiger partial charge in [0, 0.05) is 12.1 Å². The van der Waals surface area contributed by atoms with Crippen LogP contribution in [0.15, 0.2) is 48.0 Å². The number of halogens is 2. The van der Waals surface area contributed by atoms with Crippen LogP contribution in [0, 0.1) is 0 Å². The average molecular weight is 335 g/mol. The molecule has 0 aliphatic heterocycles. The number of aromatic nitrogens is 1. The van der Waals surface area contributed by atoms with Crippen molar-refractivity contribution in [3.05, 3.63) is 63.6 Å². The van der Waals surface area contributed by atoms with Crippen LogP contribution >= 0.6 is 34.5 Å². The van der Waals surface area contributed by atoms with Crippen molar-refractivity contribution in [1.82, 2.24) is 4.98 Å². The molecule has 21 heavy (non-hydrogen) atoms. The summed E-state index contributed by atoms with van der Waals surface area (Å²) in [4.78, 5) is 5.58. The molecule has 0 radical (unpaired) electrons. The van der Waals surface area contributed by atoms with E-state index in [2.05, 4.69) is 17.1 Å². The van der Waals surface area contributed by atoms with E-state index in [-0.39, 0.29) is 0 Å². The lowest BCUT2D eigenvalue weighted by molar-refractivity contribution is 1.07. The Morgan fingerprint density at radius 2 is 1.67 bits per heavy atom. The van der Waals surface area contributed by atoms with Gasteiger partial charge in [0.25, 0.3) is 0 Å². The fourth-order valence-electron chi connectivity index (χ4n) is 2.09. The number of thiazole rings is 1. The predicted molar refractivity (Wildman–Crippen MR) is 90.9 cm³/mol. The standard InChI is InChI=1S/C16H12Cl2N2S/c17-13-6-5-12(7-14(13)18)15-16(21-9-20-15)11-3-1-10(8-19)2-4-11/h1-7,9H,8,19H2. The zero-order chi connectivity index (χ0) is 14.8. The highest BCUT2D eigenvalue weighted by atomic mass is 35.5. The fourth-order valence-corrected chi connectivity index (χ4v) is 3.21. The van der Waals surface area contributed by atoms with Crippen LogP contribution in [-0.4, -0.2) is 4.98 Å². The van der Waals surface area contributed by atoms with Crippen molar-refractivity contribution in [2.45, 2.75) is 6.54 Å². The van der Waals surface area contributed by atoms with Crippen molar-refractivity contribution >= 4 is 34.5 Å². The number of nitrogens with zero attached hydrogens (tertiary/aromatic N) is 1. The molecule has 3 rings (SSSR count). The van der Waals surface area contributed by atoms with Gasteiger partial charge in [0.2, 0.25) is 0 Å². The average Bonchev–Trinajstić information content (AvgIpc) is 2.99. The minimum absolute atomic E-state index is 0.534. The van der Waals surface area contributed by atoms with Gasteiger partial charge in [-0.05, 0) is 23.3 Å². The summed E-state index contributed by atoms with van der Waals surface area (Å²) in [5, 5.41) is 1.08. The van der Waals surface area contributed by atoms with Gasteiger partial charge in [-0.2, -0.15) is 0 Å². The van der Waals surface area contributed by atoms with Crippen LogP contribution in [0.5, 0.6) is 0 Å². The molecule has 0 atom stereocenters. The molecule has 0 bridgehead atoms. The summed E-state index contributed by atoms with van der Waals surface area (Å²) in [6, 6.07) is 13.8. The molecule has 1 heterocycles. The van der Waals surface area contributed by atoms with Crippen molar-refractivity contribution in [3.63, 3.8) is 0 Å². The van der Waals surface area contributed by atoms with Gasteiger partial charge < -0.3 is 5.73 Å². The molecule has 2 nitrogen and oxygen atoms in total. The topological polar surface area (TPSA) is 38.9 Å². The molecule has 0 aliphatic rings. The molecule has 0 saturated carbocycles. The second kappa shape index (κ2) is 6.16. The van der Waals surface area contributed by atoms with E-state index in [0.717, 1.165) is 27.3 Å². The van der Waals surface area contributed by atoms with Crippen molar-refractivity contribution in [2.75, 3.05) is 0 Å². The summed E-state index contributed by atoms with van der Waals surface area (Å²) >= 11 is 13.7. The van der Waals surface area contributed by atoms with E-state index in [0.29, 0.717) is 16.6 Å². The monoisotopic (exact) mass is 334 g/mol. The number of hydrogen-bond acceptors (Lipinski definition) is 3. The van der Waals surface area contributed by atoms with Gasteiger partial charge >= 0.3 is 0 Å². The van der Waals surface area contributed by atoms with E-state index in [1.54, 1.807) is 17.4 Å². The van der Waals surface area contributed by atoms with Crippen LogP contribution in [0.25, 0.3) is 21.7 Å². The highest BCUT2D eigenvalue weighted by Crippen LogP contribution is 2.36. The van der Waals surface area contributed by atoms with Gasteiger partial charge in [-0.1, -0.05) is 53.5 Å². The molecule has 3 aromatic rings. The first-order valence-corrected chi connectivity index (χ1v) is 8.01. The van der Waals surface area contributed by atoms with E-state index in [9.17, 15) is 0 Å². The normalized spacial score (nSPS) is 10.8. The Morgan fingerprint density at radius 3 is 2.33 bits per heavy atom. The van der Waals surface area contributed by atoms with E-state index in [4.69, 9.17) is 28.9 Å². The van der Waals surface area contributed by atoms with Crippen molar-refractivity contribution in [1.29, 1.82) is 0 Å². The summed E-state index contributed by atoms with van der Waals surface area (Å²) in [6.07, 6.45) is 0. The third-order valence-corrected chi connectivity index (χ3v) is 4.83. The maximum atomic E-state index is 6.10. The Balaban J connectivity index is 2.05. The number of benzene rings is 2. The SMILES string of the molecule is NCc1ccc(-c2scnc2-c2ccc(Cl)c(Cl)c2)cc1. The molecule has 2 aromatic carbocycles. The van der Waals surface area contributed by atoms with E-state index in [1.807, 2.05) is 29.8 Å². The van der Waals surface area contributed by atoms with Crippen LogP contribution in [0.3, 0.4) is 0 Å². The summed E-state index contributed by atoms with van der Waals surface area (Å²) in [7, 11) is 0. The molecule has 0 aliphatic carbocycles. The van der Waals surface area contributed by atoms with E-state index in [1.165, 1.54) is 0 Å². The molecule has 5 heteroatoms. The molecule has 2 N–H and O–H groups in total. The summed E-state index contributed by atoms with van der Waals surface area (Å²) in [5.41, 5.74) is 11.6. The van der Waals surface area contributed by atoms with Crippen LogP contribution in [-0.2, 0) is 6.54 Å². The first kappa shape index (κ1) is 14.5. The zero-order valence-electron chi connectivity index (χ0n) is 11.0. The van der Waals surface area contributed by atoms with Gasteiger partial charge in [-0.3, -0.25) is 0 Å². The Morgan fingerprint density at radius 1 is 0.952 bits per heavy atom. The van der Waals surface area contributed by atoms with Crippen LogP contribution in [0.1, 0.15) is 5.56 Å². The van der Waals surface area contributed by atoms with Gasteiger partial charge in [-0.25, -0.2) is 4.98 Å². The maximum Gasteiger partial charge on any atom is 0.0890 e. The number of rotatable bonds is 3. The molecular formula is C16H12Cl2N2S. The second-order valence-corrected chi connectivity index (χ2v) is 6.23. The van der Waals surface area contributed by atoms with Crippen LogP contribution < -0.4 is 5.73 Å².